The number of anilines is 1. The van der Waals surface area contributed by atoms with E-state index in [1.165, 1.54) is 13.4 Å². The Morgan fingerprint density at radius 2 is 2.29 bits per heavy atom. The maximum Gasteiger partial charge on any atom is 0.307 e. The molecule has 1 heterocycles. The molecule has 1 N–H and O–H groups in total. The smallest absolute Gasteiger partial charge is 0.307 e. The van der Waals surface area contributed by atoms with Gasteiger partial charge in [0.2, 0.25) is 0 Å². The third-order valence-corrected chi connectivity index (χ3v) is 2.43. The van der Waals surface area contributed by atoms with Crippen molar-refractivity contribution < 1.29 is 9.53 Å². The lowest BCUT2D eigenvalue weighted by Crippen LogP contribution is -2.24. The van der Waals surface area contributed by atoms with Crippen molar-refractivity contribution in [2.24, 2.45) is 0 Å². The van der Waals surface area contributed by atoms with Gasteiger partial charge in [-0.2, -0.15) is 0 Å². The molecular formula is C12H19N3O2. The van der Waals surface area contributed by atoms with Crippen molar-refractivity contribution in [3.63, 3.8) is 0 Å². The fourth-order valence-corrected chi connectivity index (χ4v) is 1.60. The third kappa shape index (κ3) is 4.80. The first kappa shape index (κ1) is 13.4. The molecular weight excluding hydrogens is 218 g/mol. The number of nitrogens with zero attached hydrogens (tertiary/aromatic N) is 2. The zero-order valence-corrected chi connectivity index (χ0v) is 10.6. The molecule has 0 radical (unpaired) electrons. The molecule has 1 aromatic rings. The van der Waals surface area contributed by atoms with E-state index in [2.05, 4.69) is 26.9 Å². The van der Waals surface area contributed by atoms with E-state index in [0.717, 1.165) is 24.4 Å². The Balaban J connectivity index is 2.62. The second-order valence-corrected chi connectivity index (χ2v) is 3.95. The highest BCUT2D eigenvalue weighted by Crippen LogP contribution is 2.11. The molecule has 1 unspecified atom stereocenters. The van der Waals surface area contributed by atoms with Crippen LogP contribution in [-0.4, -0.2) is 29.1 Å². The Kier molecular flexibility index (Phi) is 5.39. The Hall–Kier alpha value is -1.65. The minimum atomic E-state index is -0.207. The minimum Gasteiger partial charge on any atom is -0.469 e. The number of aryl methyl sites for hydroxylation is 1. The van der Waals surface area contributed by atoms with Crippen molar-refractivity contribution in [3.05, 3.63) is 18.1 Å². The fraction of sp³-hybridized carbons (Fsp3) is 0.583. The van der Waals surface area contributed by atoms with Gasteiger partial charge in [0, 0.05) is 17.8 Å². The molecule has 1 aromatic heterocycles. The van der Waals surface area contributed by atoms with Crippen LogP contribution in [-0.2, 0) is 9.53 Å². The fourth-order valence-electron chi connectivity index (χ4n) is 1.60. The summed E-state index contributed by atoms with van der Waals surface area (Å²) in [6.45, 7) is 3.99. The van der Waals surface area contributed by atoms with Crippen molar-refractivity contribution in [1.29, 1.82) is 0 Å². The van der Waals surface area contributed by atoms with Gasteiger partial charge >= 0.3 is 5.97 Å². The van der Waals surface area contributed by atoms with E-state index in [9.17, 15) is 4.79 Å². The van der Waals surface area contributed by atoms with Crippen LogP contribution in [0.1, 0.15) is 31.9 Å². The summed E-state index contributed by atoms with van der Waals surface area (Å²) in [5.41, 5.74) is 0.899. The molecule has 0 aliphatic rings. The summed E-state index contributed by atoms with van der Waals surface area (Å²) >= 11 is 0. The summed E-state index contributed by atoms with van der Waals surface area (Å²) in [7, 11) is 1.40. The number of carbonyl (C=O) groups excluding carboxylic acids is 1. The van der Waals surface area contributed by atoms with Gasteiger partial charge in [0.05, 0.1) is 13.5 Å². The van der Waals surface area contributed by atoms with Crippen LogP contribution in [0.2, 0.25) is 0 Å². The average molecular weight is 237 g/mol. The van der Waals surface area contributed by atoms with Crippen LogP contribution < -0.4 is 5.32 Å². The first-order valence-electron chi connectivity index (χ1n) is 5.77. The first-order chi connectivity index (χ1) is 8.15. The summed E-state index contributed by atoms with van der Waals surface area (Å²) < 4.78 is 4.68. The van der Waals surface area contributed by atoms with Crippen molar-refractivity contribution in [2.75, 3.05) is 12.4 Å². The normalized spacial score (nSPS) is 11.9. The second kappa shape index (κ2) is 6.83. The molecule has 1 rings (SSSR count). The van der Waals surface area contributed by atoms with E-state index in [0.29, 0.717) is 6.42 Å². The van der Waals surface area contributed by atoms with E-state index >= 15 is 0 Å². The van der Waals surface area contributed by atoms with Gasteiger partial charge in [0.15, 0.2) is 0 Å². The van der Waals surface area contributed by atoms with Crippen LogP contribution in [0.25, 0.3) is 0 Å². The molecule has 0 fully saturated rings. The molecule has 0 amide bonds. The lowest BCUT2D eigenvalue weighted by molar-refractivity contribution is -0.140. The number of methoxy groups -OCH3 is 1. The van der Waals surface area contributed by atoms with E-state index in [-0.39, 0.29) is 12.0 Å². The first-order valence-corrected chi connectivity index (χ1v) is 5.77. The standard InChI is InChI=1S/C12H19N3O2/c1-4-5-10(7-12(16)17-3)15-11-6-9(2)13-8-14-11/h6,8,10H,4-5,7H2,1-3H3,(H,13,14,15). The summed E-state index contributed by atoms with van der Waals surface area (Å²) in [5.74, 6) is 0.543. The van der Waals surface area contributed by atoms with Gasteiger partial charge in [-0.05, 0) is 13.3 Å². The number of aromatic nitrogens is 2. The Morgan fingerprint density at radius 1 is 1.53 bits per heavy atom. The molecule has 0 aliphatic carbocycles. The number of esters is 1. The van der Waals surface area contributed by atoms with Crippen LogP contribution in [0.3, 0.4) is 0 Å². The Morgan fingerprint density at radius 3 is 2.88 bits per heavy atom. The van der Waals surface area contributed by atoms with Gasteiger partial charge in [0.1, 0.15) is 12.1 Å². The van der Waals surface area contributed by atoms with Gasteiger partial charge < -0.3 is 10.1 Å². The molecule has 94 valence electrons. The highest BCUT2D eigenvalue weighted by atomic mass is 16.5. The maximum atomic E-state index is 11.3. The van der Waals surface area contributed by atoms with E-state index in [1.807, 2.05) is 13.0 Å². The van der Waals surface area contributed by atoms with E-state index < -0.39 is 0 Å². The topological polar surface area (TPSA) is 64.1 Å². The molecule has 5 nitrogen and oxygen atoms in total. The molecule has 5 heteroatoms. The van der Waals surface area contributed by atoms with Crippen LogP contribution >= 0.6 is 0 Å². The van der Waals surface area contributed by atoms with Crippen LogP contribution in [0.4, 0.5) is 5.82 Å². The summed E-state index contributed by atoms with van der Waals surface area (Å²) in [6.07, 6.45) is 3.77. The average Bonchev–Trinajstić information content (AvgIpc) is 2.29. The van der Waals surface area contributed by atoms with Gasteiger partial charge in [-0.15, -0.1) is 0 Å². The maximum absolute atomic E-state index is 11.3. The molecule has 17 heavy (non-hydrogen) atoms. The molecule has 0 saturated heterocycles. The lowest BCUT2D eigenvalue weighted by atomic mass is 10.1. The predicted octanol–water partition coefficient (Wildman–Crippen LogP) is 1.93. The zero-order chi connectivity index (χ0) is 12.7. The van der Waals surface area contributed by atoms with Gasteiger partial charge in [-0.25, -0.2) is 9.97 Å². The highest BCUT2D eigenvalue weighted by Gasteiger charge is 2.13. The van der Waals surface area contributed by atoms with E-state index in [4.69, 9.17) is 0 Å². The number of hydrogen-bond acceptors (Lipinski definition) is 5. The lowest BCUT2D eigenvalue weighted by Gasteiger charge is -2.17. The minimum absolute atomic E-state index is 0.0572. The Bertz CT molecular complexity index is 369. The van der Waals surface area contributed by atoms with Crippen LogP contribution in [0.5, 0.6) is 0 Å². The van der Waals surface area contributed by atoms with Gasteiger partial charge in [-0.1, -0.05) is 13.3 Å². The van der Waals surface area contributed by atoms with Gasteiger partial charge in [0.25, 0.3) is 0 Å². The number of carbonyl (C=O) groups is 1. The predicted molar refractivity (Wildman–Crippen MR) is 65.7 cm³/mol. The largest absolute Gasteiger partial charge is 0.469 e. The molecule has 0 spiro atoms. The quantitative estimate of drug-likeness (QED) is 0.766. The van der Waals surface area contributed by atoms with Crippen molar-refractivity contribution in [1.82, 2.24) is 9.97 Å². The van der Waals surface area contributed by atoms with Crippen molar-refractivity contribution in [3.8, 4) is 0 Å². The Labute approximate surface area is 102 Å². The summed E-state index contributed by atoms with van der Waals surface area (Å²) in [6, 6.07) is 1.92. The molecule has 1 atom stereocenters. The molecule has 0 saturated carbocycles. The molecule has 0 aromatic carbocycles. The molecule has 0 bridgehead atoms. The SMILES string of the molecule is CCCC(CC(=O)OC)Nc1cc(C)ncn1. The summed E-state index contributed by atoms with van der Waals surface area (Å²) in [4.78, 5) is 19.4. The zero-order valence-electron chi connectivity index (χ0n) is 10.6. The number of nitrogens with one attached hydrogen (secondary N) is 1. The number of ether oxygens (including phenoxy) is 1. The van der Waals surface area contributed by atoms with Crippen molar-refractivity contribution in [2.45, 2.75) is 39.2 Å². The third-order valence-electron chi connectivity index (χ3n) is 2.43. The van der Waals surface area contributed by atoms with Crippen LogP contribution in [0, 0.1) is 6.92 Å². The van der Waals surface area contributed by atoms with E-state index in [1.54, 1.807) is 0 Å². The highest BCUT2D eigenvalue weighted by molar-refractivity contribution is 5.70. The van der Waals surface area contributed by atoms with Gasteiger partial charge in [-0.3, -0.25) is 4.79 Å². The summed E-state index contributed by atoms with van der Waals surface area (Å²) in [5, 5.41) is 3.23. The monoisotopic (exact) mass is 237 g/mol. The van der Waals surface area contributed by atoms with Crippen molar-refractivity contribution >= 4 is 11.8 Å². The second-order valence-electron chi connectivity index (χ2n) is 3.95. The van der Waals surface area contributed by atoms with Crippen LogP contribution in [0.15, 0.2) is 12.4 Å². The number of rotatable bonds is 6. The molecule has 0 aliphatic heterocycles. The number of hydrogen-bond donors (Lipinski definition) is 1.